The van der Waals surface area contributed by atoms with Gasteiger partial charge in [-0.15, -0.1) is 11.3 Å². The summed E-state index contributed by atoms with van der Waals surface area (Å²) in [5.41, 5.74) is 0.457. The molecule has 12 heteroatoms. The lowest BCUT2D eigenvalue weighted by Gasteiger charge is -2.32. The molecule has 0 radical (unpaired) electrons. The van der Waals surface area contributed by atoms with E-state index in [0.717, 1.165) is 17.8 Å². The van der Waals surface area contributed by atoms with E-state index < -0.39 is 27.4 Å². The van der Waals surface area contributed by atoms with Gasteiger partial charge in [-0.3, -0.25) is 9.59 Å². The lowest BCUT2D eigenvalue weighted by Crippen LogP contribution is -2.46. The Hall–Kier alpha value is -1.72. The minimum atomic E-state index is -3.90. The Balaban J connectivity index is 1.92. The van der Waals surface area contributed by atoms with E-state index in [-0.39, 0.29) is 31.9 Å². The van der Waals surface area contributed by atoms with E-state index in [1.54, 1.807) is 26.8 Å². The first-order valence-electron chi connectivity index (χ1n) is 10.8. The monoisotopic (exact) mass is 547 g/mol. The average Bonchev–Trinajstić information content (AvgIpc) is 3.08. The van der Waals surface area contributed by atoms with E-state index in [1.807, 2.05) is 6.92 Å². The molecule has 2 aromatic rings. The minimum Gasteiger partial charge on any atom is -0.481 e. The van der Waals surface area contributed by atoms with E-state index in [9.17, 15) is 18.0 Å². The van der Waals surface area contributed by atoms with Gasteiger partial charge in [0.1, 0.15) is 4.90 Å². The maximum Gasteiger partial charge on any atom is 0.306 e. The number of nitrogens with zero attached hydrogens (tertiary/aromatic N) is 1. The lowest BCUT2D eigenvalue weighted by molar-refractivity contribution is -0.145. The number of aryl methyl sites for hydroxylation is 1. The Labute approximate surface area is 213 Å². The number of carboxylic acids is 1. The van der Waals surface area contributed by atoms with Gasteiger partial charge in [0.05, 0.1) is 26.5 Å². The third kappa shape index (κ3) is 5.91. The number of carbonyl (C=O) groups is 2. The Bertz CT molecular complexity index is 1220. The van der Waals surface area contributed by atoms with Gasteiger partial charge >= 0.3 is 5.97 Å². The highest BCUT2D eigenvalue weighted by atomic mass is 35.5. The average molecular weight is 549 g/mol. The summed E-state index contributed by atoms with van der Waals surface area (Å²) < 4.78 is 28.1. The quantitative estimate of drug-likeness (QED) is 0.438. The molecule has 186 valence electrons. The van der Waals surface area contributed by atoms with Crippen molar-refractivity contribution in [3.63, 3.8) is 0 Å². The molecular formula is C22H27Cl2N3O5S2. The van der Waals surface area contributed by atoms with Crippen molar-refractivity contribution in [2.75, 3.05) is 0 Å². The van der Waals surface area contributed by atoms with Crippen LogP contribution in [0.4, 0.5) is 0 Å². The highest BCUT2D eigenvalue weighted by Gasteiger charge is 2.36. The number of nitrogens with one attached hydrogen (secondary N) is 2. The van der Waals surface area contributed by atoms with Gasteiger partial charge in [0.15, 0.2) is 5.01 Å². The van der Waals surface area contributed by atoms with Crippen molar-refractivity contribution in [1.29, 1.82) is 0 Å². The molecule has 1 aliphatic rings. The van der Waals surface area contributed by atoms with Crippen molar-refractivity contribution < 1.29 is 23.1 Å². The van der Waals surface area contributed by atoms with Gasteiger partial charge in [-0.2, -0.15) is 0 Å². The van der Waals surface area contributed by atoms with Crippen LogP contribution in [0.2, 0.25) is 10.0 Å². The second-order valence-corrected chi connectivity index (χ2v) is 12.7. The number of hydrogen-bond acceptors (Lipinski definition) is 6. The van der Waals surface area contributed by atoms with Gasteiger partial charge in [-0.1, -0.05) is 42.6 Å². The molecule has 0 aliphatic heterocycles. The molecule has 1 aliphatic carbocycles. The zero-order valence-electron chi connectivity index (χ0n) is 19.2. The molecule has 3 rings (SSSR count). The first kappa shape index (κ1) is 26.9. The van der Waals surface area contributed by atoms with Crippen molar-refractivity contribution in [3.8, 4) is 10.4 Å². The number of rotatable bonds is 8. The predicted molar refractivity (Wildman–Crippen MR) is 133 cm³/mol. The molecule has 1 amide bonds. The number of aliphatic carboxylic acids is 1. The number of aromatic nitrogens is 1. The zero-order valence-corrected chi connectivity index (χ0v) is 22.4. The Morgan fingerprint density at radius 3 is 2.41 bits per heavy atom. The standard InChI is InChI=1S/C22H27Cl2N3O5S2/c1-5-6-14-18(33-20(26-14)19(28)25-12-9-11(10-12)21(29)30)13-7-8-15(17(24)16(13)23)34(31,32)27-22(2,3)4/h7-8,11-12,27H,5-6,9-10H2,1-4H3,(H,25,28)(H,29,30). The van der Waals surface area contributed by atoms with Crippen molar-refractivity contribution in [3.05, 3.63) is 32.9 Å². The molecule has 1 fully saturated rings. The van der Waals surface area contributed by atoms with Crippen LogP contribution in [0.5, 0.6) is 0 Å². The molecule has 1 saturated carbocycles. The predicted octanol–water partition coefficient (Wildman–Crippen LogP) is 4.74. The third-order valence-electron chi connectivity index (χ3n) is 5.22. The van der Waals surface area contributed by atoms with E-state index in [2.05, 4.69) is 15.0 Å². The highest BCUT2D eigenvalue weighted by molar-refractivity contribution is 7.89. The topological polar surface area (TPSA) is 125 Å². The van der Waals surface area contributed by atoms with Crippen LogP contribution in [-0.2, 0) is 21.2 Å². The summed E-state index contributed by atoms with van der Waals surface area (Å²) in [6.07, 6.45) is 2.14. The first-order valence-corrected chi connectivity index (χ1v) is 13.8. The maximum atomic E-state index is 12.8. The van der Waals surface area contributed by atoms with Crippen molar-refractivity contribution >= 4 is 56.4 Å². The molecule has 0 spiro atoms. The molecule has 34 heavy (non-hydrogen) atoms. The highest BCUT2D eigenvalue weighted by Crippen LogP contribution is 2.42. The van der Waals surface area contributed by atoms with Crippen LogP contribution in [0.15, 0.2) is 17.0 Å². The summed E-state index contributed by atoms with van der Waals surface area (Å²) in [4.78, 5) is 28.7. The normalized spacial score (nSPS) is 18.4. The molecule has 0 atom stereocenters. The van der Waals surface area contributed by atoms with Crippen molar-refractivity contribution in [2.45, 2.75) is 69.9 Å². The second kappa shape index (κ2) is 10.1. The number of carbonyl (C=O) groups excluding carboxylic acids is 1. The number of halogens is 2. The van der Waals surface area contributed by atoms with Crippen LogP contribution in [0.1, 0.15) is 62.5 Å². The smallest absolute Gasteiger partial charge is 0.306 e. The molecule has 0 unspecified atom stereocenters. The van der Waals surface area contributed by atoms with E-state index in [4.69, 9.17) is 28.3 Å². The maximum absolute atomic E-state index is 12.8. The van der Waals surface area contributed by atoms with Gasteiger partial charge < -0.3 is 10.4 Å². The van der Waals surface area contributed by atoms with E-state index in [1.165, 1.54) is 6.07 Å². The number of thiazole rings is 1. The number of sulfonamides is 1. The number of amides is 1. The molecule has 8 nitrogen and oxygen atoms in total. The fourth-order valence-electron chi connectivity index (χ4n) is 3.62. The van der Waals surface area contributed by atoms with Gasteiger partial charge in [-0.25, -0.2) is 18.1 Å². The Morgan fingerprint density at radius 1 is 1.21 bits per heavy atom. The van der Waals surface area contributed by atoms with Crippen LogP contribution in [0, 0.1) is 5.92 Å². The van der Waals surface area contributed by atoms with Crippen LogP contribution in [0.25, 0.3) is 10.4 Å². The molecule has 3 N–H and O–H groups in total. The summed E-state index contributed by atoms with van der Waals surface area (Å²) in [6.45, 7) is 7.15. The molecular weight excluding hydrogens is 521 g/mol. The van der Waals surface area contributed by atoms with Crippen LogP contribution in [0.3, 0.4) is 0 Å². The Kier molecular flexibility index (Phi) is 7.99. The first-order chi connectivity index (χ1) is 15.7. The fourth-order valence-corrected chi connectivity index (χ4v) is 7.01. The summed E-state index contributed by atoms with van der Waals surface area (Å²) in [7, 11) is -3.90. The Morgan fingerprint density at radius 2 is 1.85 bits per heavy atom. The SMILES string of the molecule is CCCc1nc(C(=O)NC2CC(C(=O)O)C2)sc1-c1ccc(S(=O)(=O)NC(C)(C)C)c(Cl)c1Cl. The molecule has 0 saturated heterocycles. The van der Waals surface area contributed by atoms with Crippen molar-refractivity contribution in [1.82, 2.24) is 15.0 Å². The molecule has 0 bridgehead atoms. The summed E-state index contributed by atoms with van der Waals surface area (Å²) >= 11 is 14.1. The second-order valence-electron chi connectivity index (χ2n) is 9.32. The molecule has 1 aromatic heterocycles. The third-order valence-corrected chi connectivity index (χ3v) is 9.15. The number of benzene rings is 1. The van der Waals surface area contributed by atoms with Gasteiger partial charge in [-0.05, 0) is 46.1 Å². The minimum absolute atomic E-state index is 0.0645. The summed E-state index contributed by atoms with van der Waals surface area (Å²) in [5.74, 6) is -1.67. The largest absolute Gasteiger partial charge is 0.481 e. The lowest BCUT2D eigenvalue weighted by atomic mass is 9.80. The van der Waals surface area contributed by atoms with Crippen LogP contribution < -0.4 is 10.0 Å². The summed E-state index contributed by atoms with van der Waals surface area (Å²) in [6, 6.07) is 2.77. The van der Waals surface area contributed by atoms with Crippen LogP contribution >= 0.6 is 34.5 Å². The molecule has 1 heterocycles. The fraction of sp³-hybridized carbons (Fsp3) is 0.500. The van der Waals surface area contributed by atoms with Crippen LogP contribution in [-0.4, -0.2) is 42.0 Å². The number of carboxylic acid groups (broad SMARTS) is 1. The number of hydrogen-bond donors (Lipinski definition) is 3. The van der Waals surface area contributed by atoms with Gasteiger partial charge in [0.2, 0.25) is 10.0 Å². The summed E-state index contributed by atoms with van der Waals surface area (Å²) in [5, 5.41) is 12.0. The van der Waals surface area contributed by atoms with E-state index >= 15 is 0 Å². The van der Waals surface area contributed by atoms with Gasteiger partial charge in [0.25, 0.3) is 5.91 Å². The zero-order chi connectivity index (χ0) is 25.4. The van der Waals surface area contributed by atoms with E-state index in [0.29, 0.717) is 35.4 Å². The van der Waals surface area contributed by atoms with Crippen molar-refractivity contribution in [2.24, 2.45) is 5.92 Å². The van der Waals surface area contributed by atoms with Gasteiger partial charge in [0, 0.05) is 17.1 Å². The molecule has 1 aromatic carbocycles.